The van der Waals surface area contributed by atoms with Gasteiger partial charge in [-0.2, -0.15) is 0 Å². The predicted octanol–water partition coefficient (Wildman–Crippen LogP) is 1.00. The minimum Gasteiger partial charge on any atom is -0.374 e. The minimum atomic E-state index is -0.388. The molecule has 0 saturated carbocycles. The van der Waals surface area contributed by atoms with E-state index in [1.54, 1.807) is 13.2 Å². The molecule has 0 radical (unpaired) electrons. The van der Waals surface area contributed by atoms with Crippen molar-refractivity contribution in [3.05, 3.63) is 36.3 Å². The van der Waals surface area contributed by atoms with Gasteiger partial charge in [0.1, 0.15) is 31.2 Å². The van der Waals surface area contributed by atoms with Crippen molar-refractivity contribution in [1.82, 2.24) is 30.5 Å². The van der Waals surface area contributed by atoms with Gasteiger partial charge in [0.2, 0.25) is 17.7 Å². The van der Waals surface area contributed by atoms with E-state index in [0.717, 1.165) is 34.2 Å². The van der Waals surface area contributed by atoms with Crippen molar-refractivity contribution in [2.45, 2.75) is 51.8 Å². The molecule has 212 valence electrons. The number of aryl methyl sites for hydroxylation is 1. The lowest BCUT2D eigenvalue weighted by Crippen LogP contribution is -2.39. The molecule has 3 amide bonds. The Labute approximate surface area is 228 Å². The highest BCUT2D eigenvalue weighted by atomic mass is 16.5. The van der Waals surface area contributed by atoms with E-state index >= 15 is 0 Å². The maximum atomic E-state index is 12.2. The molecule has 0 aliphatic rings. The van der Waals surface area contributed by atoms with Crippen LogP contribution < -0.4 is 21.7 Å². The number of benzene rings is 1. The van der Waals surface area contributed by atoms with Gasteiger partial charge in [0.05, 0.1) is 23.3 Å². The van der Waals surface area contributed by atoms with Gasteiger partial charge in [0.25, 0.3) is 0 Å². The number of pyridine rings is 1. The van der Waals surface area contributed by atoms with Crippen LogP contribution in [-0.4, -0.2) is 78.3 Å². The molecule has 3 aromatic rings. The van der Waals surface area contributed by atoms with Crippen molar-refractivity contribution >= 4 is 39.7 Å². The second-order valence-electron chi connectivity index (χ2n) is 9.11. The van der Waals surface area contributed by atoms with Gasteiger partial charge in [-0.3, -0.25) is 19.4 Å². The normalized spacial score (nSPS) is 12.1. The fourth-order valence-corrected chi connectivity index (χ4v) is 4.29. The fourth-order valence-electron chi connectivity index (χ4n) is 4.29. The number of carbonyl (C=O) groups is 3. The number of unbranched alkanes of at least 4 members (excludes halogenated alkanes) is 1. The number of primary amides is 1. The lowest BCUT2D eigenvalue weighted by Gasteiger charge is -2.12. The number of rotatable bonds is 18. The Morgan fingerprint density at radius 1 is 1.00 bits per heavy atom. The van der Waals surface area contributed by atoms with Crippen LogP contribution in [0, 0.1) is 0 Å². The first kappa shape index (κ1) is 29.9. The van der Waals surface area contributed by atoms with Crippen LogP contribution in [0.1, 0.15) is 38.4 Å². The summed E-state index contributed by atoms with van der Waals surface area (Å²) in [5.41, 5.74) is 7.99. The number of likely N-dealkylation sites (N-methyl/N-ethyl adjacent to an activating group) is 1. The van der Waals surface area contributed by atoms with E-state index in [2.05, 4.69) is 25.5 Å². The summed E-state index contributed by atoms with van der Waals surface area (Å²) in [4.78, 5) is 44.5. The highest BCUT2D eigenvalue weighted by Gasteiger charge is 2.15. The van der Waals surface area contributed by atoms with Crippen LogP contribution in [-0.2, 0) is 37.0 Å². The molecule has 3 rings (SSSR count). The summed E-state index contributed by atoms with van der Waals surface area (Å²) in [6.45, 7) is 4.08. The number of nitrogens with two attached hydrogens (primary N) is 1. The van der Waals surface area contributed by atoms with Crippen LogP contribution in [0.5, 0.6) is 0 Å². The van der Waals surface area contributed by atoms with E-state index in [4.69, 9.17) is 20.2 Å². The molecule has 5 N–H and O–H groups in total. The highest BCUT2D eigenvalue weighted by molar-refractivity contribution is 6.02. The minimum absolute atomic E-state index is 0.198. The molecular weight excluding hydrogens is 502 g/mol. The lowest BCUT2D eigenvalue weighted by atomic mass is 10.1. The maximum absolute atomic E-state index is 12.2. The van der Waals surface area contributed by atoms with Crippen LogP contribution in [0.3, 0.4) is 0 Å². The molecule has 0 saturated heterocycles. The van der Waals surface area contributed by atoms with Crippen LogP contribution >= 0.6 is 0 Å². The summed E-state index contributed by atoms with van der Waals surface area (Å²) < 4.78 is 13.0. The van der Waals surface area contributed by atoms with Gasteiger partial charge in [-0.25, -0.2) is 4.98 Å². The molecule has 1 aromatic carbocycles. The summed E-state index contributed by atoms with van der Waals surface area (Å²) in [6.07, 6.45) is 4.52. The largest absolute Gasteiger partial charge is 0.374 e. The third kappa shape index (κ3) is 8.98. The van der Waals surface area contributed by atoms with E-state index in [0.29, 0.717) is 52.1 Å². The molecule has 1 unspecified atom stereocenters. The predicted molar refractivity (Wildman–Crippen MR) is 148 cm³/mol. The number of hydrogen-bond acceptors (Lipinski definition) is 8. The third-order valence-corrected chi connectivity index (χ3v) is 6.27. The number of fused-ring (bicyclic) bond motifs is 3. The zero-order valence-corrected chi connectivity index (χ0v) is 22.7. The molecule has 2 aromatic heterocycles. The highest BCUT2D eigenvalue weighted by Crippen LogP contribution is 2.25. The molecule has 0 spiro atoms. The van der Waals surface area contributed by atoms with Crippen molar-refractivity contribution in [1.29, 1.82) is 0 Å². The SMILES string of the molecule is CCOCc1nc2cnc3ccccc3c2n1CCCNC(=O)COCC(=O)NCCCCC(NC)C(N)=O. The van der Waals surface area contributed by atoms with Gasteiger partial charge in [-0.1, -0.05) is 18.2 Å². The molecule has 12 nitrogen and oxygen atoms in total. The standard InChI is InChI=1S/C27H39N7O5/c1-3-38-16-23-33-22-15-32-20-10-5-4-9-19(20)26(22)34(23)14-8-13-31-25(36)18-39-17-24(35)30-12-7-6-11-21(29-2)27(28)37/h4-5,9-10,15,21,29H,3,6-8,11-14,16-18H2,1-2H3,(H2,28,37)(H,30,35)(H,31,36). The Balaban J connectivity index is 1.38. The van der Waals surface area contributed by atoms with E-state index in [-0.39, 0.29) is 37.0 Å². The zero-order valence-electron chi connectivity index (χ0n) is 22.7. The summed E-state index contributed by atoms with van der Waals surface area (Å²) in [6, 6.07) is 7.58. The first-order valence-corrected chi connectivity index (χ1v) is 13.3. The smallest absolute Gasteiger partial charge is 0.246 e. The monoisotopic (exact) mass is 541 g/mol. The van der Waals surface area contributed by atoms with Crippen molar-refractivity contribution < 1.29 is 23.9 Å². The molecular formula is C27H39N7O5. The topological polar surface area (TPSA) is 162 Å². The molecule has 0 bridgehead atoms. The van der Waals surface area contributed by atoms with Crippen LogP contribution in [0.2, 0.25) is 0 Å². The van der Waals surface area contributed by atoms with E-state index in [9.17, 15) is 14.4 Å². The summed E-state index contributed by atoms with van der Waals surface area (Å²) >= 11 is 0. The lowest BCUT2D eigenvalue weighted by molar-refractivity contribution is -0.131. The van der Waals surface area contributed by atoms with Crippen molar-refractivity contribution in [2.75, 3.05) is 40.0 Å². The van der Waals surface area contributed by atoms with Gasteiger partial charge in [0.15, 0.2) is 0 Å². The molecule has 0 aliphatic heterocycles. The number of amides is 3. The first-order chi connectivity index (χ1) is 18.9. The molecule has 2 heterocycles. The van der Waals surface area contributed by atoms with Crippen LogP contribution in [0.15, 0.2) is 30.5 Å². The van der Waals surface area contributed by atoms with Crippen molar-refractivity contribution in [3.63, 3.8) is 0 Å². The number of para-hydroxylation sites is 1. The molecule has 0 fully saturated rings. The average molecular weight is 542 g/mol. The Hall–Kier alpha value is -3.61. The molecule has 0 aliphatic carbocycles. The summed E-state index contributed by atoms with van der Waals surface area (Å²) in [5.74, 6) is -0.147. The Kier molecular flexibility index (Phi) is 12.1. The van der Waals surface area contributed by atoms with Gasteiger partial charge in [-0.15, -0.1) is 0 Å². The molecule has 12 heteroatoms. The molecule has 39 heavy (non-hydrogen) atoms. The number of nitrogens with one attached hydrogen (secondary N) is 3. The Morgan fingerprint density at radius 2 is 1.72 bits per heavy atom. The number of imidazole rings is 1. The first-order valence-electron chi connectivity index (χ1n) is 13.3. The van der Waals surface area contributed by atoms with Gasteiger partial charge < -0.3 is 35.7 Å². The van der Waals surface area contributed by atoms with Crippen LogP contribution in [0.4, 0.5) is 0 Å². The zero-order chi connectivity index (χ0) is 28.0. The second-order valence-corrected chi connectivity index (χ2v) is 9.11. The number of hydrogen-bond donors (Lipinski definition) is 4. The van der Waals surface area contributed by atoms with Gasteiger partial charge in [-0.05, 0) is 45.7 Å². The van der Waals surface area contributed by atoms with Gasteiger partial charge in [0, 0.05) is 31.6 Å². The average Bonchev–Trinajstić information content (AvgIpc) is 3.29. The number of carbonyl (C=O) groups excluding carboxylic acids is 3. The van der Waals surface area contributed by atoms with E-state index in [1.165, 1.54) is 0 Å². The molecule has 1 atom stereocenters. The number of ether oxygens (including phenoxy) is 2. The van der Waals surface area contributed by atoms with Crippen molar-refractivity contribution in [2.24, 2.45) is 5.73 Å². The fraction of sp³-hybridized carbons (Fsp3) is 0.519. The Morgan fingerprint density at radius 3 is 2.41 bits per heavy atom. The summed E-state index contributed by atoms with van der Waals surface area (Å²) in [5, 5.41) is 9.45. The Bertz CT molecular complexity index is 1250. The van der Waals surface area contributed by atoms with E-state index in [1.807, 2.05) is 31.2 Å². The van der Waals surface area contributed by atoms with Crippen molar-refractivity contribution in [3.8, 4) is 0 Å². The third-order valence-electron chi connectivity index (χ3n) is 6.27. The second kappa shape index (κ2) is 15.7. The van der Waals surface area contributed by atoms with Crippen LogP contribution in [0.25, 0.3) is 21.9 Å². The number of nitrogens with zero attached hydrogens (tertiary/aromatic N) is 3. The van der Waals surface area contributed by atoms with E-state index < -0.39 is 0 Å². The quantitative estimate of drug-likeness (QED) is 0.173. The summed E-state index contributed by atoms with van der Waals surface area (Å²) in [7, 11) is 1.69. The maximum Gasteiger partial charge on any atom is 0.246 e. The number of aromatic nitrogens is 3. The van der Waals surface area contributed by atoms with Gasteiger partial charge >= 0.3 is 0 Å².